The second-order valence-corrected chi connectivity index (χ2v) is 2.75. The highest BCUT2D eigenvalue weighted by molar-refractivity contribution is 6.66. The highest BCUT2D eigenvalue weighted by Gasteiger charge is 2.02. The summed E-state index contributed by atoms with van der Waals surface area (Å²) in [7, 11) is 12.8. The van der Waals surface area contributed by atoms with Crippen LogP contribution >= 0.6 is 0 Å². The molecule has 0 amide bonds. The summed E-state index contributed by atoms with van der Waals surface area (Å²) in [6.45, 7) is 1.74. The minimum Gasteiger partial charge on any atom is -0.523 e. The second-order valence-electron chi connectivity index (χ2n) is 2.75. The van der Waals surface area contributed by atoms with Crippen LogP contribution in [0.25, 0.3) is 0 Å². The van der Waals surface area contributed by atoms with Crippen molar-refractivity contribution in [1.82, 2.24) is 0 Å². The Morgan fingerprint density at radius 1 is 1.46 bits per heavy atom. The van der Waals surface area contributed by atoms with Crippen LogP contribution in [0.15, 0.2) is 29.9 Å². The fourth-order valence-electron chi connectivity index (χ4n) is 0.961. The van der Waals surface area contributed by atoms with Gasteiger partial charge in [0.25, 0.3) is 0 Å². The summed E-state index contributed by atoms with van der Waals surface area (Å²) in [6, 6.07) is 5.15. The number of rotatable bonds is 2. The molecule has 59 valence electrons. The van der Waals surface area contributed by atoms with Gasteiger partial charge in [-0.1, -0.05) is 35.2 Å². The molecule has 1 aromatic rings. The molecule has 0 aromatic heterocycles. The van der Waals surface area contributed by atoms with Crippen molar-refractivity contribution in [2.45, 2.75) is 6.92 Å². The first-order valence-corrected chi connectivity index (χ1v) is 3.98. The fourth-order valence-corrected chi connectivity index (χ4v) is 0.961. The topological polar surface area (TPSA) is 20.2 Å². The van der Waals surface area contributed by atoms with Crippen LogP contribution in [0, 0.1) is 0 Å². The summed E-state index contributed by atoms with van der Waals surface area (Å²) in [4.78, 5) is 0. The smallest absolute Gasteiger partial charge is 0.238 e. The molecule has 0 aliphatic carbocycles. The Balaban J connectivity index is 2.94. The van der Waals surface area contributed by atoms with E-state index in [4.69, 9.17) is 15.7 Å². The van der Waals surface area contributed by atoms with Gasteiger partial charge in [0.15, 0.2) is 0 Å². The molecule has 0 fully saturated rings. The van der Waals surface area contributed by atoms with E-state index >= 15 is 0 Å². The van der Waals surface area contributed by atoms with Gasteiger partial charge in [0.1, 0.15) is 15.7 Å². The summed E-state index contributed by atoms with van der Waals surface area (Å²) < 4.78 is 0. The highest BCUT2D eigenvalue weighted by atomic mass is 16.3. The Labute approximate surface area is 81.9 Å². The van der Waals surface area contributed by atoms with Gasteiger partial charge in [0, 0.05) is 5.66 Å². The molecule has 0 spiro atoms. The van der Waals surface area contributed by atoms with E-state index in [1.54, 1.807) is 38.5 Å². The lowest BCUT2D eigenvalue weighted by Gasteiger charge is -2.05. The molecule has 1 nitrogen and oxygen atoms in total. The number of allylic oxidation sites excluding steroid dienone is 1. The van der Waals surface area contributed by atoms with Gasteiger partial charge in [-0.05, 0) is 6.92 Å². The van der Waals surface area contributed by atoms with Crippen LogP contribution in [-0.2, 0) is 0 Å². The fraction of sp³-hybridized carbons (Fsp3) is 0.111. The second kappa shape index (κ2) is 4.26. The predicted octanol–water partition coefficient (Wildman–Crippen LogP) is -0.977. The summed E-state index contributed by atoms with van der Waals surface area (Å²) >= 11 is 0. The summed E-state index contributed by atoms with van der Waals surface area (Å²) in [5.74, 6) is 0. The molecule has 0 bridgehead atoms. The molecule has 0 heterocycles. The van der Waals surface area contributed by atoms with Crippen LogP contribution in [0.4, 0.5) is 0 Å². The molecule has 5 radical (unpaired) electrons. The Morgan fingerprint density at radius 2 is 2.15 bits per heavy atom. The van der Waals surface area contributed by atoms with E-state index < -0.39 is 0 Å². The van der Waals surface area contributed by atoms with Crippen molar-refractivity contribution < 1.29 is 5.11 Å². The van der Waals surface area contributed by atoms with Gasteiger partial charge in [0.2, 0.25) is 7.28 Å². The van der Waals surface area contributed by atoms with Crippen LogP contribution in [0.5, 0.6) is 0 Å². The van der Waals surface area contributed by atoms with E-state index in [0.29, 0.717) is 10.9 Å². The lowest BCUT2D eigenvalue weighted by atomic mass is 9.62. The average Bonchev–Trinajstić information content (AvgIpc) is 2.11. The summed E-state index contributed by atoms with van der Waals surface area (Å²) in [6.07, 6.45) is 1.59. The van der Waals surface area contributed by atoms with Crippen molar-refractivity contribution >= 4 is 39.4 Å². The molecule has 13 heavy (non-hydrogen) atoms. The first kappa shape index (κ1) is 10.0. The van der Waals surface area contributed by atoms with Crippen molar-refractivity contribution in [3.63, 3.8) is 0 Å². The quantitative estimate of drug-likeness (QED) is 0.440. The zero-order valence-electron chi connectivity index (χ0n) is 7.49. The van der Waals surface area contributed by atoms with Crippen LogP contribution < -0.4 is 16.4 Å². The highest BCUT2D eigenvalue weighted by Crippen LogP contribution is 1.84. The van der Waals surface area contributed by atoms with E-state index in [1.165, 1.54) is 0 Å². The molecule has 0 aliphatic heterocycles. The van der Waals surface area contributed by atoms with Crippen molar-refractivity contribution in [3.8, 4) is 0 Å². The van der Waals surface area contributed by atoms with Crippen molar-refractivity contribution in [3.05, 3.63) is 29.9 Å². The SMILES string of the molecule is [B]c1ccc([B])c([B]/C(O)=C\C)c1. The number of hydrogen-bond donors (Lipinski definition) is 1. The number of benzene rings is 1. The number of hydrogen-bond acceptors (Lipinski definition) is 1. The third-order valence-corrected chi connectivity index (χ3v) is 1.71. The van der Waals surface area contributed by atoms with Crippen LogP contribution in [0.1, 0.15) is 6.92 Å². The maximum absolute atomic E-state index is 9.24. The third kappa shape index (κ3) is 2.72. The molecule has 0 aliphatic rings. The Morgan fingerprint density at radius 3 is 2.77 bits per heavy atom. The summed E-state index contributed by atoms with van der Waals surface area (Å²) in [5.41, 5.74) is 2.14. The first-order chi connectivity index (χ1) is 6.13. The number of aliphatic hydroxyl groups is 1. The average molecular weight is 165 g/mol. The molecular weight excluding hydrogens is 157 g/mol. The zero-order valence-corrected chi connectivity index (χ0v) is 7.49. The lowest BCUT2D eigenvalue weighted by Crippen LogP contribution is -2.35. The lowest BCUT2D eigenvalue weighted by molar-refractivity contribution is 0.449. The van der Waals surface area contributed by atoms with Crippen molar-refractivity contribution in [1.29, 1.82) is 0 Å². The van der Waals surface area contributed by atoms with E-state index in [2.05, 4.69) is 0 Å². The third-order valence-electron chi connectivity index (χ3n) is 1.71. The molecule has 0 unspecified atom stereocenters. The standard InChI is InChI=1S/C9H8B3O/c1-2-9(13)12-8-5-6(10)3-4-7(8)11/h2-5,13H,1H3/b9-2+. The summed E-state index contributed by atoms with van der Waals surface area (Å²) in [5, 5.41) is 9.24. The van der Waals surface area contributed by atoms with Gasteiger partial charge < -0.3 is 5.11 Å². The van der Waals surface area contributed by atoms with Crippen LogP contribution in [-0.4, -0.2) is 28.1 Å². The molecule has 1 N–H and O–H groups in total. The largest absolute Gasteiger partial charge is 0.523 e. The predicted molar refractivity (Wildman–Crippen MR) is 59.0 cm³/mol. The van der Waals surface area contributed by atoms with Crippen LogP contribution in [0.3, 0.4) is 0 Å². The monoisotopic (exact) mass is 165 g/mol. The molecule has 1 rings (SSSR count). The van der Waals surface area contributed by atoms with Gasteiger partial charge in [-0.2, -0.15) is 0 Å². The van der Waals surface area contributed by atoms with Gasteiger partial charge >= 0.3 is 0 Å². The molecule has 0 atom stereocenters. The maximum Gasteiger partial charge on any atom is 0.238 e. The van der Waals surface area contributed by atoms with Crippen molar-refractivity contribution in [2.75, 3.05) is 0 Å². The van der Waals surface area contributed by atoms with E-state index in [0.717, 1.165) is 5.46 Å². The van der Waals surface area contributed by atoms with Gasteiger partial charge in [-0.25, -0.2) is 0 Å². The van der Waals surface area contributed by atoms with E-state index in [1.807, 2.05) is 0 Å². The Bertz CT molecular complexity index is 334. The van der Waals surface area contributed by atoms with E-state index in [9.17, 15) is 5.11 Å². The number of aliphatic hydroxyl groups excluding tert-OH is 1. The normalized spacial score (nSPS) is 11.3. The van der Waals surface area contributed by atoms with Gasteiger partial charge in [-0.15, -0.1) is 5.46 Å². The molecule has 0 saturated heterocycles. The Hall–Kier alpha value is -1.05. The minimum absolute atomic E-state index is 0.178. The Kier molecular flexibility index (Phi) is 3.29. The first-order valence-electron chi connectivity index (χ1n) is 3.98. The molecular formula is C9H8B3O. The molecule has 0 saturated carbocycles. The zero-order chi connectivity index (χ0) is 9.84. The van der Waals surface area contributed by atoms with Crippen LogP contribution in [0.2, 0.25) is 0 Å². The molecule has 4 heteroatoms. The van der Waals surface area contributed by atoms with Gasteiger partial charge in [-0.3, -0.25) is 0 Å². The van der Waals surface area contributed by atoms with Crippen molar-refractivity contribution in [2.24, 2.45) is 0 Å². The van der Waals surface area contributed by atoms with E-state index in [-0.39, 0.29) is 5.66 Å². The maximum atomic E-state index is 9.24. The van der Waals surface area contributed by atoms with Gasteiger partial charge in [0.05, 0.1) is 0 Å². The minimum atomic E-state index is 0.178. The molecule has 1 aromatic carbocycles.